The average Bonchev–Trinajstić information content (AvgIpc) is 3.56. The predicted molar refractivity (Wildman–Crippen MR) is 183 cm³/mol. The van der Waals surface area contributed by atoms with Gasteiger partial charge in [0.1, 0.15) is 42.7 Å². The van der Waals surface area contributed by atoms with Crippen LogP contribution in [0.2, 0.25) is 0 Å². The molecule has 296 valence electrons. The van der Waals surface area contributed by atoms with Crippen molar-refractivity contribution in [1.29, 1.82) is 0 Å². The van der Waals surface area contributed by atoms with Gasteiger partial charge in [-0.25, -0.2) is 0 Å². The summed E-state index contributed by atoms with van der Waals surface area (Å²) in [7, 11) is 0. The van der Waals surface area contributed by atoms with Gasteiger partial charge in [-0.3, -0.25) is 0 Å². The van der Waals surface area contributed by atoms with Crippen molar-refractivity contribution in [2.24, 2.45) is 46.3 Å². The van der Waals surface area contributed by atoms with E-state index in [1.54, 1.807) is 0 Å². The van der Waals surface area contributed by atoms with Crippen molar-refractivity contribution in [1.82, 2.24) is 0 Å². The van der Waals surface area contributed by atoms with Crippen LogP contribution in [0.1, 0.15) is 86.0 Å². The van der Waals surface area contributed by atoms with E-state index in [1.807, 2.05) is 0 Å². The highest BCUT2D eigenvalue weighted by atomic mass is 16.8. The Hall–Kier alpha value is -0.780. The van der Waals surface area contributed by atoms with Gasteiger partial charge in [0, 0.05) is 12.3 Å². The summed E-state index contributed by atoms with van der Waals surface area (Å²) in [5, 5.41) is 74.7. The minimum Gasteiger partial charge on any atom is -0.394 e. The quantitative estimate of drug-likeness (QED) is 0.200. The maximum absolute atomic E-state index is 11.8. The van der Waals surface area contributed by atoms with Crippen molar-refractivity contribution in [3.63, 3.8) is 0 Å². The highest BCUT2D eigenvalue weighted by Crippen LogP contribution is 2.70. The molecule has 1 spiro atoms. The van der Waals surface area contributed by atoms with Crippen LogP contribution < -0.4 is 0 Å². The summed E-state index contributed by atoms with van der Waals surface area (Å²) in [5.41, 5.74) is 1.19. The summed E-state index contributed by atoms with van der Waals surface area (Å²) in [5.74, 6) is 2.37. The lowest BCUT2D eigenvalue weighted by molar-refractivity contribution is -0.372. The van der Waals surface area contributed by atoms with Crippen LogP contribution in [-0.4, -0.2) is 134 Å². The summed E-state index contributed by atoms with van der Waals surface area (Å²) in [4.78, 5) is 0. The first-order valence-corrected chi connectivity index (χ1v) is 19.9. The van der Waals surface area contributed by atoms with Gasteiger partial charge in [-0.1, -0.05) is 39.3 Å². The molecule has 0 bridgehead atoms. The number of allylic oxidation sites excluding steroid dienone is 1. The van der Waals surface area contributed by atoms with Gasteiger partial charge in [-0.05, 0) is 92.3 Å². The average molecular weight is 739 g/mol. The number of hydrogen-bond donors (Lipinski definition) is 7. The fourth-order valence-corrected chi connectivity index (χ4v) is 12.6. The van der Waals surface area contributed by atoms with Gasteiger partial charge in [0.25, 0.3) is 0 Å². The molecular formula is C39H62O13. The molecule has 0 aromatic heterocycles. The smallest absolute Gasteiger partial charge is 0.187 e. The van der Waals surface area contributed by atoms with Gasteiger partial charge in [-0.15, -0.1) is 0 Å². The van der Waals surface area contributed by atoms with E-state index in [-0.39, 0.29) is 16.9 Å². The first-order valence-electron chi connectivity index (χ1n) is 19.9. The van der Waals surface area contributed by atoms with E-state index in [4.69, 9.17) is 28.4 Å². The molecular weight excluding hydrogens is 676 g/mol. The van der Waals surface area contributed by atoms with Gasteiger partial charge in [-0.2, -0.15) is 0 Å². The van der Waals surface area contributed by atoms with Crippen LogP contribution in [0.5, 0.6) is 0 Å². The first kappa shape index (κ1) is 38.1. The Morgan fingerprint density at radius 2 is 1.62 bits per heavy atom. The van der Waals surface area contributed by atoms with Crippen LogP contribution in [0.15, 0.2) is 11.6 Å². The van der Waals surface area contributed by atoms with E-state index in [2.05, 4.69) is 33.8 Å². The molecule has 0 radical (unpaired) electrons. The molecule has 0 amide bonds. The second-order valence-electron chi connectivity index (χ2n) is 18.4. The Labute approximate surface area is 306 Å². The second kappa shape index (κ2) is 13.7. The molecule has 52 heavy (non-hydrogen) atoms. The van der Waals surface area contributed by atoms with Crippen molar-refractivity contribution in [2.45, 2.75) is 171 Å². The number of aliphatic hydroxyl groups is 7. The van der Waals surface area contributed by atoms with E-state index in [0.717, 1.165) is 45.1 Å². The third-order valence-electron chi connectivity index (χ3n) is 15.6. The second-order valence-corrected chi connectivity index (χ2v) is 18.4. The van der Waals surface area contributed by atoms with Crippen LogP contribution in [0.4, 0.5) is 0 Å². The standard InChI is InChI=1S/C39H62O13/c1-17-8-11-39(47-16-17)18(2)28-26(52-39)13-23-21-7-6-20-12-25(24(41)14-38(20,5)22(21)9-10-37(23,28)4)49-36-34(32(45)30(43)27(15-40)50-36)51-35-33(46)31(44)29(42)19(3)48-35/h6,17-19,21-36,40-46H,7-16H2,1-5H3/t17-,18+,19+,21-,22+,23+,24-,25-,26+,27-,28+,29+,30+,31-,32+,33-,34-,35+,36-,37+,38+,39-/m1/s1. The number of fused-ring (bicyclic) bond motifs is 7. The minimum absolute atomic E-state index is 0.172. The molecule has 0 aromatic rings. The Morgan fingerprint density at radius 3 is 2.33 bits per heavy atom. The normalized spacial score (nSPS) is 58.9. The van der Waals surface area contributed by atoms with E-state index >= 15 is 0 Å². The lowest BCUT2D eigenvalue weighted by Crippen LogP contribution is -2.64. The predicted octanol–water partition coefficient (Wildman–Crippen LogP) is 1.36. The summed E-state index contributed by atoms with van der Waals surface area (Å²) >= 11 is 0. The summed E-state index contributed by atoms with van der Waals surface area (Å²) in [6, 6.07) is 0. The monoisotopic (exact) mass is 738 g/mol. The zero-order valence-electron chi connectivity index (χ0n) is 31.2. The van der Waals surface area contributed by atoms with E-state index in [9.17, 15) is 35.7 Å². The molecule has 3 saturated carbocycles. The largest absolute Gasteiger partial charge is 0.394 e. The molecule has 4 heterocycles. The molecule has 7 N–H and O–H groups in total. The molecule has 4 aliphatic heterocycles. The third kappa shape index (κ3) is 5.82. The van der Waals surface area contributed by atoms with Gasteiger partial charge in [0.2, 0.25) is 0 Å². The number of hydrogen-bond acceptors (Lipinski definition) is 13. The summed E-state index contributed by atoms with van der Waals surface area (Å²) in [6.07, 6.45) is -5.90. The van der Waals surface area contributed by atoms with Gasteiger partial charge in [0.05, 0.1) is 37.6 Å². The molecule has 0 aromatic carbocycles. The van der Waals surface area contributed by atoms with Crippen LogP contribution in [0, 0.1) is 46.3 Å². The van der Waals surface area contributed by atoms with Crippen LogP contribution >= 0.6 is 0 Å². The van der Waals surface area contributed by atoms with E-state index < -0.39 is 86.0 Å². The zero-order chi connectivity index (χ0) is 37.1. The van der Waals surface area contributed by atoms with E-state index in [1.165, 1.54) is 12.5 Å². The minimum atomic E-state index is -1.66. The highest BCUT2D eigenvalue weighted by Gasteiger charge is 2.69. The maximum Gasteiger partial charge on any atom is 0.187 e. The lowest BCUT2D eigenvalue weighted by Gasteiger charge is -2.59. The van der Waals surface area contributed by atoms with Crippen LogP contribution in [0.25, 0.3) is 0 Å². The van der Waals surface area contributed by atoms with Crippen molar-refractivity contribution in [3.8, 4) is 0 Å². The molecule has 8 rings (SSSR count). The number of aliphatic hydroxyl groups excluding tert-OH is 7. The highest BCUT2D eigenvalue weighted by molar-refractivity contribution is 5.27. The molecule has 4 aliphatic carbocycles. The van der Waals surface area contributed by atoms with Crippen molar-refractivity contribution in [2.75, 3.05) is 13.2 Å². The first-order chi connectivity index (χ1) is 24.6. The lowest BCUT2D eigenvalue weighted by atomic mass is 9.46. The molecule has 13 nitrogen and oxygen atoms in total. The van der Waals surface area contributed by atoms with Crippen molar-refractivity contribution < 1.29 is 64.2 Å². The van der Waals surface area contributed by atoms with E-state index in [0.29, 0.717) is 48.3 Å². The summed E-state index contributed by atoms with van der Waals surface area (Å²) < 4.78 is 37.3. The molecule has 22 atom stereocenters. The molecule has 4 saturated heterocycles. The van der Waals surface area contributed by atoms with Crippen LogP contribution in [-0.2, 0) is 28.4 Å². The van der Waals surface area contributed by atoms with Crippen LogP contribution in [0.3, 0.4) is 0 Å². The Morgan fingerprint density at radius 1 is 0.846 bits per heavy atom. The molecule has 0 unspecified atom stereocenters. The molecule has 7 fully saturated rings. The van der Waals surface area contributed by atoms with Gasteiger partial charge >= 0.3 is 0 Å². The maximum atomic E-state index is 11.8. The molecule has 8 aliphatic rings. The fourth-order valence-electron chi connectivity index (χ4n) is 12.6. The van der Waals surface area contributed by atoms with Crippen molar-refractivity contribution in [3.05, 3.63) is 11.6 Å². The third-order valence-corrected chi connectivity index (χ3v) is 15.6. The number of ether oxygens (including phenoxy) is 6. The zero-order valence-corrected chi connectivity index (χ0v) is 31.2. The molecule has 13 heteroatoms. The van der Waals surface area contributed by atoms with Crippen molar-refractivity contribution >= 4 is 0 Å². The Balaban J connectivity index is 0.984. The topological polar surface area (TPSA) is 197 Å². The number of rotatable bonds is 5. The van der Waals surface area contributed by atoms with Gasteiger partial charge < -0.3 is 64.2 Å². The Bertz CT molecular complexity index is 1340. The fraction of sp³-hybridized carbons (Fsp3) is 0.949. The summed E-state index contributed by atoms with van der Waals surface area (Å²) in [6.45, 7) is 11.1. The SMILES string of the molecule is C[C@@H]1CC[C@@]2(OC1)O[C@H]1C[C@H]3[C@@H]4CC=C5C[C@@H](O[C@@H]6O[C@H](CO)[C@H](O)[C@H](O)[C@H]6O[C@@H]6O[C@@H](C)[C@H](O)[C@@H](O)[C@H]6O)[C@H](O)C[C@]5(C)[C@H]4CC[C@]3(C)[C@H]1[C@@H]2C. The Kier molecular flexibility index (Phi) is 10.0. The van der Waals surface area contributed by atoms with Gasteiger partial charge in [0.15, 0.2) is 18.4 Å².